The van der Waals surface area contributed by atoms with Crippen LogP contribution in [0.1, 0.15) is 20.3 Å². The molecule has 11 heavy (non-hydrogen) atoms. The van der Waals surface area contributed by atoms with Crippen molar-refractivity contribution in [3.63, 3.8) is 0 Å². The summed E-state index contributed by atoms with van der Waals surface area (Å²) >= 11 is 0. The lowest BCUT2D eigenvalue weighted by Gasteiger charge is -1.92. The van der Waals surface area contributed by atoms with Gasteiger partial charge in [0.15, 0.2) is 5.78 Å². The quantitative estimate of drug-likeness (QED) is 0.453. The zero-order chi connectivity index (χ0) is 8.69. The highest BCUT2D eigenvalue weighted by Crippen LogP contribution is 1.98. The van der Waals surface area contributed by atoms with Crippen LogP contribution in [0.3, 0.4) is 0 Å². The van der Waals surface area contributed by atoms with Crippen LogP contribution in [0, 0.1) is 0 Å². The molecule has 0 aromatic carbocycles. The van der Waals surface area contributed by atoms with Gasteiger partial charge in [-0.05, 0) is 25.5 Å². The molecule has 0 rings (SSSR count). The summed E-state index contributed by atoms with van der Waals surface area (Å²) in [6.07, 6.45) is 5.63. The van der Waals surface area contributed by atoms with E-state index >= 15 is 0 Å². The smallest absolute Gasteiger partial charge is 0.162 e. The summed E-state index contributed by atoms with van der Waals surface area (Å²) in [4.78, 5) is 20.8. The van der Waals surface area contributed by atoms with Crippen LogP contribution >= 0.6 is 0 Å². The van der Waals surface area contributed by atoms with Gasteiger partial charge in [-0.15, -0.1) is 0 Å². The fraction of sp³-hybridized carbons (Fsp3) is 0.333. The van der Waals surface area contributed by atoms with Gasteiger partial charge in [-0.3, -0.25) is 9.59 Å². The van der Waals surface area contributed by atoms with Crippen LogP contribution in [-0.2, 0) is 9.59 Å². The van der Waals surface area contributed by atoms with E-state index in [2.05, 4.69) is 0 Å². The molecule has 0 aromatic heterocycles. The Morgan fingerprint density at radius 2 is 2.09 bits per heavy atom. The van der Waals surface area contributed by atoms with Crippen LogP contribution < -0.4 is 0 Å². The fourth-order valence-corrected chi connectivity index (χ4v) is 0.553. The van der Waals surface area contributed by atoms with Crippen molar-refractivity contribution in [1.82, 2.24) is 0 Å². The van der Waals surface area contributed by atoms with Gasteiger partial charge in [-0.1, -0.05) is 12.2 Å². The van der Waals surface area contributed by atoms with E-state index in [9.17, 15) is 9.59 Å². The Morgan fingerprint density at radius 3 is 2.55 bits per heavy atom. The summed E-state index contributed by atoms with van der Waals surface area (Å²) < 4.78 is 0. The number of ketones is 1. The van der Waals surface area contributed by atoms with E-state index in [0.29, 0.717) is 12.7 Å². The van der Waals surface area contributed by atoms with Crippen LogP contribution in [0.4, 0.5) is 0 Å². The molecule has 0 aliphatic rings. The van der Waals surface area contributed by atoms with E-state index in [4.69, 9.17) is 0 Å². The molecule has 0 saturated carbocycles. The maximum Gasteiger partial charge on any atom is 0.162 e. The number of hydrogen-bond donors (Lipinski definition) is 0. The average Bonchev–Trinajstić information content (AvgIpc) is 2.03. The van der Waals surface area contributed by atoms with Crippen LogP contribution in [-0.4, -0.2) is 12.1 Å². The van der Waals surface area contributed by atoms with Gasteiger partial charge in [0.1, 0.15) is 6.29 Å². The van der Waals surface area contributed by atoms with E-state index < -0.39 is 0 Å². The third-order valence-electron chi connectivity index (χ3n) is 1.39. The molecule has 0 aliphatic heterocycles. The SMILES string of the molecule is CC=C(C)C(=O)CC=CC=O. The van der Waals surface area contributed by atoms with Crippen molar-refractivity contribution in [3.05, 3.63) is 23.8 Å². The average molecular weight is 152 g/mol. The van der Waals surface area contributed by atoms with E-state index in [0.717, 1.165) is 5.57 Å². The van der Waals surface area contributed by atoms with E-state index in [1.54, 1.807) is 19.1 Å². The molecular formula is C9H12O2. The van der Waals surface area contributed by atoms with Gasteiger partial charge in [-0.2, -0.15) is 0 Å². The molecule has 0 amide bonds. The zero-order valence-electron chi connectivity index (χ0n) is 6.83. The summed E-state index contributed by atoms with van der Waals surface area (Å²) in [6, 6.07) is 0. The van der Waals surface area contributed by atoms with Gasteiger partial charge >= 0.3 is 0 Å². The van der Waals surface area contributed by atoms with Crippen molar-refractivity contribution in [2.24, 2.45) is 0 Å². The molecule has 0 saturated heterocycles. The third kappa shape index (κ3) is 4.25. The number of aldehydes is 1. The number of Topliss-reactive ketones (excluding diaryl/α,β-unsaturated/α-hetero) is 1. The Kier molecular flexibility index (Phi) is 4.99. The van der Waals surface area contributed by atoms with Gasteiger partial charge in [0.25, 0.3) is 0 Å². The lowest BCUT2D eigenvalue weighted by atomic mass is 10.1. The first-order valence-corrected chi connectivity index (χ1v) is 3.48. The van der Waals surface area contributed by atoms with Crippen molar-refractivity contribution in [1.29, 1.82) is 0 Å². The summed E-state index contributed by atoms with van der Waals surface area (Å²) in [7, 11) is 0. The lowest BCUT2D eigenvalue weighted by Crippen LogP contribution is -1.96. The van der Waals surface area contributed by atoms with Crippen molar-refractivity contribution in [3.8, 4) is 0 Å². The minimum absolute atomic E-state index is 0.0607. The highest BCUT2D eigenvalue weighted by Gasteiger charge is 1.98. The van der Waals surface area contributed by atoms with E-state index in [-0.39, 0.29) is 5.78 Å². The summed E-state index contributed by atoms with van der Waals surface area (Å²) in [5.74, 6) is 0.0607. The number of allylic oxidation sites excluding steroid dienone is 4. The minimum Gasteiger partial charge on any atom is -0.299 e. The second-order valence-electron chi connectivity index (χ2n) is 2.16. The Morgan fingerprint density at radius 1 is 1.45 bits per heavy atom. The van der Waals surface area contributed by atoms with Gasteiger partial charge in [-0.25, -0.2) is 0 Å². The number of hydrogen-bond acceptors (Lipinski definition) is 2. The molecule has 0 radical (unpaired) electrons. The predicted molar refractivity (Wildman–Crippen MR) is 44.3 cm³/mol. The van der Waals surface area contributed by atoms with E-state index in [1.807, 2.05) is 6.92 Å². The second-order valence-corrected chi connectivity index (χ2v) is 2.16. The molecule has 0 N–H and O–H groups in total. The van der Waals surface area contributed by atoms with Crippen LogP contribution in [0.15, 0.2) is 23.8 Å². The predicted octanol–water partition coefficient (Wildman–Crippen LogP) is 1.67. The molecule has 0 unspecified atom stereocenters. The maximum atomic E-state index is 11.0. The molecule has 0 fully saturated rings. The van der Waals surface area contributed by atoms with Crippen LogP contribution in [0.25, 0.3) is 0 Å². The van der Waals surface area contributed by atoms with Gasteiger partial charge in [0, 0.05) is 6.42 Å². The standard InChI is InChI=1S/C9H12O2/c1-3-8(2)9(11)6-4-5-7-10/h3-5,7H,6H2,1-2H3. The molecule has 0 atom stereocenters. The molecule has 0 spiro atoms. The van der Waals surface area contributed by atoms with Crippen molar-refractivity contribution < 1.29 is 9.59 Å². The van der Waals surface area contributed by atoms with Gasteiger partial charge < -0.3 is 0 Å². The Bertz CT molecular complexity index is 200. The van der Waals surface area contributed by atoms with Crippen molar-refractivity contribution in [2.75, 3.05) is 0 Å². The van der Waals surface area contributed by atoms with Gasteiger partial charge in [0.2, 0.25) is 0 Å². The van der Waals surface area contributed by atoms with Crippen LogP contribution in [0.5, 0.6) is 0 Å². The first-order chi connectivity index (χ1) is 5.22. The first-order valence-electron chi connectivity index (χ1n) is 3.48. The van der Waals surface area contributed by atoms with E-state index in [1.165, 1.54) is 6.08 Å². The molecule has 0 bridgehead atoms. The normalized spacial score (nSPS) is 12.0. The summed E-state index contributed by atoms with van der Waals surface area (Å²) in [5.41, 5.74) is 0.737. The zero-order valence-corrected chi connectivity index (χ0v) is 6.83. The monoisotopic (exact) mass is 152 g/mol. The maximum absolute atomic E-state index is 11.0. The topological polar surface area (TPSA) is 34.1 Å². The molecule has 0 aromatic rings. The largest absolute Gasteiger partial charge is 0.299 e. The molecule has 2 nitrogen and oxygen atoms in total. The highest BCUT2D eigenvalue weighted by atomic mass is 16.1. The summed E-state index contributed by atoms with van der Waals surface area (Å²) in [6.45, 7) is 3.58. The minimum atomic E-state index is 0.0607. The Balaban J connectivity index is 3.88. The fourth-order valence-electron chi connectivity index (χ4n) is 0.553. The van der Waals surface area contributed by atoms with Crippen molar-refractivity contribution in [2.45, 2.75) is 20.3 Å². The van der Waals surface area contributed by atoms with Crippen LogP contribution in [0.2, 0.25) is 0 Å². The molecular weight excluding hydrogens is 140 g/mol. The Labute approximate surface area is 66.6 Å². The second kappa shape index (κ2) is 5.59. The highest BCUT2D eigenvalue weighted by molar-refractivity contribution is 5.95. The third-order valence-corrected chi connectivity index (χ3v) is 1.39. The summed E-state index contributed by atoms with van der Waals surface area (Å²) in [5, 5.41) is 0. The van der Waals surface area contributed by atoms with Gasteiger partial charge in [0.05, 0.1) is 0 Å². The van der Waals surface area contributed by atoms with Crippen molar-refractivity contribution >= 4 is 12.1 Å². The molecule has 60 valence electrons. The molecule has 0 heterocycles. The number of rotatable bonds is 4. The molecule has 2 heteroatoms. The number of carbonyl (C=O) groups excluding carboxylic acids is 2. The Hall–Kier alpha value is -1.18. The first kappa shape index (κ1) is 9.82. The number of carbonyl (C=O) groups is 2. The lowest BCUT2D eigenvalue weighted by molar-refractivity contribution is -0.114. The molecule has 0 aliphatic carbocycles.